The summed E-state index contributed by atoms with van der Waals surface area (Å²) < 4.78 is 1.21. The molecule has 14 heavy (non-hydrogen) atoms. The molecule has 74 valence electrons. The topological polar surface area (TPSA) is 17.1 Å². The molecule has 10 saturated heterocycles. The molecule has 10 aliphatic rings. The van der Waals surface area contributed by atoms with Crippen LogP contribution in [0.1, 0.15) is 0 Å². The third-order valence-electron chi connectivity index (χ3n) is 14.9. The van der Waals surface area contributed by atoms with Gasteiger partial charge in [0.15, 0.2) is 0 Å². The van der Waals surface area contributed by atoms with E-state index in [4.69, 9.17) is 0 Å². The first-order valence-corrected chi connectivity index (χ1v) is 12.9. The number of aldehydes is 1. The van der Waals surface area contributed by atoms with E-state index in [1.807, 2.05) is 0 Å². The van der Waals surface area contributed by atoms with Gasteiger partial charge >= 0.3 is 79.6 Å². The summed E-state index contributed by atoms with van der Waals surface area (Å²) in [6.45, 7) is -3.12. The Kier molecular flexibility index (Phi) is 0.112. The number of alkyl halides is 1. The molecule has 8 unspecified atom stereocenters. The van der Waals surface area contributed by atoms with Crippen molar-refractivity contribution in [3.63, 3.8) is 0 Å². The number of hydrogen-bond acceptors (Lipinski definition) is 1. The third kappa shape index (κ3) is 0.0327. The van der Waals surface area contributed by atoms with E-state index < -0.39 is 6.51 Å². The molecule has 0 aromatic rings. The quantitative estimate of drug-likeness (QED) is 0.412. The van der Waals surface area contributed by atoms with E-state index in [2.05, 4.69) is 15.9 Å². The standard InChI is InChI=1S/C6H5O.C5H4Br.Fe/c7-5-6-3-1-2-4-6;6-5-3-1-2-4-5;/h1-5H;1-4H;. The molecule has 10 aliphatic heterocycles. The van der Waals surface area contributed by atoms with Crippen LogP contribution < -0.4 is 0 Å². The molecule has 0 saturated carbocycles. The van der Waals surface area contributed by atoms with Crippen LogP contribution in [0.5, 0.6) is 0 Å². The molecule has 8 atom stereocenters. The Morgan fingerprint density at radius 1 is 1.00 bits per heavy atom. The van der Waals surface area contributed by atoms with Crippen LogP contribution in [0, 0.1) is 0 Å². The second-order valence-corrected chi connectivity index (χ2v) is 35.1. The van der Waals surface area contributed by atoms with Gasteiger partial charge in [-0.05, 0) is 0 Å². The molecule has 10 rings (SSSR count). The summed E-state index contributed by atoms with van der Waals surface area (Å²) >= 11 is 4.25. The van der Waals surface area contributed by atoms with E-state index in [9.17, 15) is 4.79 Å². The molecule has 0 N–H and O–H groups in total. The van der Waals surface area contributed by atoms with Crippen molar-refractivity contribution in [1.29, 1.82) is 0 Å². The molecule has 0 aromatic heterocycles. The molecule has 10 fully saturated rings. The summed E-state index contributed by atoms with van der Waals surface area (Å²) in [5.74, 6) is 0. The Balaban J connectivity index is 2.06. The average molecular weight is 293 g/mol. The van der Waals surface area contributed by atoms with Crippen molar-refractivity contribution in [2.75, 3.05) is 0 Å². The molecule has 0 bridgehead atoms. The van der Waals surface area contributed by atoms with Gasteiger partial charge in [-0.25, -0.2) is 0 Å². The molecule has 0 amide bonds. The molecule has 3 heteroatoms. The maximum absolute atomic E-state index is 11.7. The van der Waals surface area contributed by atoms with Gasteiger partial charge in [-0.15, -0.1) is 0 Å². The summed E-state index contributed by atoms with van der Waals surface area (Å²) in [5, 5.41) is 0. The SMILES string of the molecule is O=C[C]12[CH]3[CH]4[CH]5[CH]1[Fe]45321678[CH]2[CH]1[CH]6[C]7(Br)[CH]28. The summed E-state index contributed by atoms with van der Waals surface area (Å²) in [6.07, 6.45) is 1.54. The minimum atomic E-state index is -3.12. The zero-order valence-electron chi connectivity index (χ0n) is 7.34. The summed E-state index contributed by atoms with van der Waals surface area (Å²) in [5.41, 5.74) is 0. The van der Waals surface area contributed by atoms with Crippen LogP contribution in [0.2, 0.25) is 42.8 Å². The second-order valence-electron chi connectivity index (χ2n) is 9.86. The van der Waals surface area contributed by atoms with Crippen LogP contribution in [0.25, 0.3) is 0 Å². The molecular formula is C11H9BrFeO. The predicted molar refractivity (Wildman–Crippen MR) is 50.4 cm³/mol. The van der Waals surface area contributed by atoms with E-state index in [1.165, 1.54) is 28.9 Å². The fourth-order valence-electron chi connectivity index (χ4n) is 16.7. The van der Waals surface area contributed by atoms with E-state index in [0.717, 1.165) is 12.9 Å². The zero-order valence-corrected chi connectivity index (χ0v) is 10.0. The van der Waals surface area contributed by atoms with Crippen molar-refractivity contribution in [2.24, 2.45) is 0 Å². The Bertz CT molecular complexity index is 956. The van der Waals surface area contributed by atoms with Gasteiger partial charge in [-0.3, -0.25) is 0 Å². The zero-order chi connectivity index (χ0) is 8.64. The third-order valence-corrected chi connectivity index (χ3v) is 64.8. The Labute approximate surface area is 79.4 Å². The van der Waals surface area contributed by atoms with Crippen molar-refractivity contribution in [3.8, 4) is 0 Å². The van der Waals surface area contributed by atoms with Gasteiger partial charge in [0, 0.05) is 0 Å². The summed E-state index contributed by atoms with van der Waals surface area (Å²) in [6, 6.07) is 0. The molecule has 0 radical (unpaired) electrons. The number of fused-ring (bicyclic) bond motifs is 10. The van der Waals surface area contributed by atoms with Gasteiger partial charge in [0.25, 0.3) is 0 Å². The summed E-state index contributed by atoms with van der Waals surface area (Å²) in [4.78, 5) is 21.3. The molecule has 0 aliphatic carbocycles. The first-order chi connectivity index (χ1) is 6.49. The minimum absolute atomic E-state index is 0.470. The first-order valence-electron chi connectivity index (χ1n) is 5.85. The van der Waals surface area contributed by atoms with Crippen molar-refractivity contribution >= 4 is 22.2 Å². The molecule has 0 aromatic carbocycles. The Hall–Kier alpha value is 0.669. The van der Waals surface area contributed by atoms with Gasteiger partial charge < -0.3 is 0 Å². The van der Waals surface area contributed by atoms with Gasteiger partial charge in [0.1, 0.15) is 0 Å². The number of carbonyl (C=O) groups is 1. The predicted octanol–water partition coefficient (Wildman–Crippen LogP) is 3.25. The number of carbonyl (C=O) groups excluding carboxylic acids is 1. The van der Waals surface area contributed by atoms with E-state index in [1.54, 1.807) is 6.29 Å². The van der Waals surface area contributed by atoms with Crippen LogP contribution in [0.15, 0.2) is 0 Å². The number of hydrogen-bond donors (Lipinski definition) is 0. The molecule has 1 nitrogen and oxygen atoms in total. The van der Waals surface area contributed by atoms with E-state index in [-0.39, 0.29) is 0 Å². The average Bonchev–Trinajstić information content (AvgIpc) is 3.10. The maximum atomic E-state index is 11.7. The monoisotopic (exact) mass is 292 g/mol. The number of halogens is 1. The van der Waals surface area contributed by atoms with Crippen molar-refractivity contribution in [1.82, 2.24) is 0 Å². The van der Waals surface area contributed by atoms with Gasteiger partial charge in [0.2, 0.25) is 0 Å². The van der Waals surface area contributed by atoms with Crippen LogP contribution >= 0.6 is 15.9 Å². The van der Waals surface area contributed by atoms with E-state index >= 15 is 0 Å². The van der Waals surface area contributed by atoms with Crippen LogP contribution in [0.4, 0.5) is 0 Å². The van der Waals surface area contributed by atoms with Gasteiger partial charge in [-0.2, -0.15) is 0 Å². The van der Waals surface area contributed by atoms with Crippen LogP contribution in [-0.4, -0.2) is 9.51 Å². The normalized spacial score (nSPS) is 147. The Morgan fingerprint density at radius 3 is 1.57 bits per heavy atom. The molecule has 1 spiro atoms. The van der Waals surface area contributed by atoms with Crippen LogP contribution in [-0.2, 0) is 11.3 Å². The Morgan fingerprint density at radius 2 is 1.50 bits per heavy atom. The molecule has 10 heterocycles. The fourth-order valence-corrected chi connectivity index (χ4v) is 103. The van der Waals surface area contributed by atoms with Crippen LogP contribution in [0.3, 0.4) is 0 Å². The second kappa shape index (κ2) is 0.321. The fraction of sp³-hybridized carbons (Fsp3) is 0.909. The van der Waals surface area contributed by atoms with Crippen molar-refractivity contribution < 1.29 is 11.3 Å². The summed E-state index contributed by atoms with van der Waals surface area (Å²) in [7, 11) is 0. The van der Waals surface area contributed by atoms with E-state index in [0.29, 0.717) is 4.31 Å². The van der Waals surface area contributed by atoms with Crippen molar-refractivity contribution in [2.45, 2.75) is 46.1 Å². The number of rotatable bonds is 1. The molecular weight excluding hydrogens is 284 g/mol. The van der Waals surface area contributed by atoms with Gasteiger partial charge in [0.05, 0.1) is 0 Å². The first kappa shape index (κ1) is 4.89. The van der Waals surface area contributed by atoms with Crippen molar-refractivity contribution in [3.05, 3.63) is 0 Å². The van der Waals surface area contributed by atoms with Gasteiger partial charge in [-0.1, -0.05) is 0 Å².